The predicted octanol–water partition coefficient (Wildman–Crippen LogP) is 3.74. The maximum Gasteiger partial charge on any atom is 0.333 e. The standard InChI is InChI=1S/C19H25NO3/c1-4-8-16-9-11-17(12-10-16)18(21)20-13-6-7-14-23-19(22)15(3)5-2/h4-5,8-12H,6-7,13-14H2,1-3H3,(H,20,21)/b8-4+,15-5?. The van der Waals surface area contributed by atoms with Crippen LogP contribution < -0.4 is 5.32 Å². The van der Waals surface area contributed by atoms with Crippen molar-refractivity contribution in [3.8, 4) is 0 Å². The molecule has 0 saturated heterocycles. The smallest absolute Gasteiger partial charge is 0.333 e. The SMILES string of the molecule is CC=C(C)C(=O)OCCCCNC(=O)c1ccc(/C=C/C)cc1. The highest BCUT2D eigenvalue weighted by Crippen LogP contribution is 2.06. The van der Waals surface area contributed by atoms with Gasteiger partial charge in [0, 0.05) is 17.7 Å². The molecule has 0 unspecified atom stereocenters. The average Bonchev–Trinajstić information content (AvgIpc) is 2.57. The van der Waals surface area contributed by atoms with Crippen LogP contribution in [-0.2, 0) is 9.53 Å². The fourth-order valence-corrected chi connectivity index (χ4v) is 1.87. The van der Waals surface area contributed by atoms with Gasteiger partial charge in [-0.1, -0.05) is 30.4 Å². The minimum absolute atomic E-state index is 0.0845. The second-order valence-corrected chi connectivity index (χ2v) is 5.19. The van der Waals surface area contributed by atoms with E-state index >= 15 is 0 Å². The van der Waals surface area contributed by atoms with E-state index < -0.39 is 0 Å². The van der Waals surface area contributed by atoms with Gasteiger partial charge in [0.2, 0.25) is 0 Å². The fraction of sp³-hybridized carbons (Fsp3) is 0.368. The molecule has 0 bridgehead atoms. The molecular formula is C19H25NO3. The molecule has 0 aliphatic rings. The number of nitrogens with one attached hydrogen (secondary N) is 1. The van der Waals surface area contributed by atoms with E-state index in [2.05, 4.69) is 5.32 Å². The molecule has 0 aliphatic heterocycles. The Bertz CT molecular complexity index is 571. The molecule has 1 aromatic carbocycles. The minimum Gasteiger partial charge on any atom is -0.462 e. The zero-order chi connectivity index (χ0) is 17.1. The van der Waals surface area contributed by atoms with Gasteiger partial charge < -0.3 is 10.1 Å². The van der Waals surface area contributed by atoms with E-state index in [1.165, 1.54) is 0 Å². The van der Waals surface area contributed by atoms with E-state index in [9.17, 15) is 9.59 Å². The number of carbonyl (C=O) groups excluding carboxylic acids is 2. The van der Waals surface area contributed by atoms with Gasteiger partial charge in [0.15, 0.2) is 0 Å². The fourth-order valence-electron chi connectivity index (χ4n) is 1.87. The molecule has 1 N–H and O–H groups in total. The van der Waals surface area contributed by atoms with Gasteiger partial charge in [0.1, 0.15) is 0 Å². The summed E-state index contributed by atoms with van der Waals surface area (Å²) in [5.41, 5.74) is 2.33. The first-order valence-electron chi connectivity index (χ1n) is 7.89. The van der Waals surface area contributed by atoms with Gasteiger partial charge in [-0.05, 0) is 51.3 Å². The molecule has 0 heterocycles. The number of benzene rings is 1. The molecule has 0 atom stereocenters. The number of carbonyl (C=O) groups is 2. The van der Waals surface area contributed by atoms with E-state index in [1.54, 1.807) is 19.9 Å². The van der Waals surface area contributed by atoms with Crippen molar-refractivity contribution in [2.75, 3.05) is 13.2 Å². The molecule has 0 spiro atoms. The van der Waals surface area contributed by atoms with Crippen LogP contribution in [0.4, 0.5) is 0 Å². The molecule has 1 aromatic rings. The van der Waals surface area contributed by atoms with Crippen molar-refractivity contribution in [2.45, 2.75) is 33.6 Å². The molecule has 4 nitrogen and oxygen atoms in total. The number of amides is 1. The Morgan fingerprint density at radius 3 is 2.43 bits per heavy atom. The van der Waals surface area contributed by atoms with Gasteiger partial charge in [-0.2, -0.15) is 0 Å². The number of ether oxygens (including phenoxy) is 1. The van der Waals surface area contributed by atoms with Gasteiger partial charge in [0.25, 0.3) is 5.91 Å². The number of esters is 1. The lowest BCUT2D eigenvalue weighted by Gasteiger charge is -2.07. The highest BCUT2D eigenvalue weighted by Gasteiger charge is 2.05. The zero-order valence-corrected chi connectivity index (χ0v) is 14.1. The second kappa shape index (κ2) is 10.4. The van der Waals surface area contributed by atoms with Crippen molar-refractivity contribution in [3.63, 3.8) is 0 Å². The van der Waals surface area contributed by atoms with E-state index in [0.717, 1.165) is 18.4 Å². The van der Waals surface area contributed by atoms with Crippen molar-refractivity contribution >= 4 is 18.0 Å². The molecule has 0 fully saturated rings. The van der Waals surface area contributed by atoms with E-state index in [0.29, 0.717) is 24.3 Å². The molecule has 0 aliphatic carbocycles. The quantitative estimate of drug-likeness (QED) is 0.452. The van der Waals surface area contributed by atoms with Crippen LogP contribution in [-0.4, -0.2) is 25.0 Å². The predicted molar refractivity (Wildman–Crippen MR) is 93.1 cm³/mol. The van der Waals surface area contributed by atoms with Crippen LogP contribution in [0.3, 0.4) is 0 Å². The third-order valence-electron chi connectivity index (χ3n) is 3.38. The number of hydrogen-bond donors (Lipinski definition) is 1. The van der Waals surface area contributed by atoms with Gasteiger partial charge in [-0.15, -0.1) is 0 Å². The monoisotopic (exact) mass is 315 g/mol. The highest BCUT2D eigenvalue weighted by molar-refractivity contribution is 5.94. The van der Waals surface area contributed by atoms with Crippen LogP contribution >= 0.6 is 0 Å². The first-order valence-corrected chi connectivity index (χ1v) is 7.89. The van der Waals surface area contributed by atoms with Gasteiger partial charge >= 0.3 is 5.97 Å². The number of hydrogen-bond acceptors (Lipinski definition) is 3. The summed E-state index contributed by atoms with van der Waals surface area (Å²) in [6.45, 7) is 6.42. The van der Waals surface area contributed by atoms with Crippen LogP contribution in [0.15, 0.2) is 42.0 Å². The Kier molecular flexibility index (Phi) is 8.43. The molecule has 124 valence electrons. The largest absolute Gasteiger partial charge is 0.462 e. The van der Waals surface area contributed by atoms with E-state index in [4.69, 9.17) is 4.74 Å². The first-order chi connectivity index (χ1) is 11.1. The minimum atomic E-state index is -0.280. The molecule has 1 amide bonds. The first kappa shape index (κ1) is 18.7. The summed E-state index contributed by atoms with van der Waals surface area (Å²) in [5, 5.41) is 2.86. The van der Waals surface area contributed by atoms with E-state index in [1.807, 2.05) is 43.3 Å². The van der Waals surface area contributed by atoms with Crippen molar-refractivity contribution in [3.05, 3.63) is 53.1 Å². The molecule has 0 aromatic heterocycles. The van der Waals surface area contributed by atoms with Crippen molar-refractivity contribution in [1.82, 2.24) is 5.32 Å². The lowest BCUT2D eigenvalue weighted by atomic mass is 10.1. The normalized spacial score (nSPS) is 11.5. The van der Waals surface area contributed by atoms with E-state index in [-0.39, 0.29) is 11.9 Å². The van der Waals surface area contributed by atoms with Crippen LogP contribution in [0, 0.1) is 0 Å². The molecule has 4 heteroatoms. The molecular weight excluding hydrogens is 290 g/mol. The van der Waals surface area contributed by atoms with Crippen molar-refractivity contribution < 1.29 is 14.3 Å². The summed E-state index contributed by atoms with van der Waals surface area (Å²) >= 11 is 0. The summed E-state index contributed by atoms with van der Waals surface area (Å²) in [4.78, 5) is 23.4. The third kappa shape index (κ3) is 6.96. The Morgan fingerprint density at radius 2 is 1.83 bits per heavy atom. The summed E-state index contributed by atoms with van der Waals surface area (Å²) in [5.74, 6) is -0.364. The number of allylic oxidation sites excluding steroid dienone is 2. The summed E-state index contributed by atoms with van der Waals surface area (Å²) < 4.78 is 5.10. The topological polar surface area (TPSA) is 55.4 Å². The molecule has 23 heavy (non-hydrogen) atoms. The van der Waals surface area contributed by atoms with Gasteiger partial charge in [0.05, 0.1) is 6.61 Å². The Balaban J connectivity index is 2.23. The summed E-state index contributed by atoms with van der Waals surface area (Å²) in [6.07, 6.45) is 7.16. The molecule has 0 saturated carbocycles. The van der Waals surface area contributed by atoms with Gasteiger partial charge in [-0.25, -0.2) is 4.79 Å². The maximum absolute atomic E-state index is 12.0. The Morgan fingerprint density at radius 1 is 1.13 bits per heavy atom. The zero-order valence-electron chi connectivity index (χ0n) is 14.1. The molecule has 1 rings (SSSR count). The second-order valence-electron chi connectivity index (χ2n) is 5.19. The third-order valence-corrected chi connectivity index (χ3v) is 3.38. The number of unbranched alkanes of at least 4 members (excludes halogenated alkanes) is 1. The molecule has 0 radical (unpaired) electrons. The lowest BCUT2D eigenvalue weighted by molar-refractivity contribution is -0.139. The summed E-state index contributed by atoms with van der Waals surface area (Å²) in [7, 11) is 0. The lowest BCUT2D eigenvalue weighted by Crippen LogP contribution is -2.24. The highest BCUT2D eigenvalue weighted by atomic mass is 16.5. The van der Waals surface area contributed by atoms with Crippen LogP contribution in [0.2, 0.25) is 0 Å². The van der Waals surface area contributed by atoms with Crippen molar-refractivity contribution in [1.29, 1.82) is 0 Å². The van der Waals surface area contributed by atoms with Crippen LogP contribution in [0.5, 0.6) is 0 Å². The van der Waals surface area contributed by atoms with Crippen LogP contribution in [0.25, 0.3) is 6.08 Å². The van der Waals surface area contributed by atoms with Crippen LogP contribution in [0.1, 0.15) is 49.5 Å². The Labute approximate surface area is 138 Å². The van der Waals surface area contributed by atoms with Gasteiger partial charge in [-0.3, -0.25) is 4.79 Å². The average molecular weight is 315 g/mol. The number of rotatable bonds is 8. The maximum atomic E-state index is 12.0. The summed E-state index contributed by atoms with van der Waals surface area (Å²) in [6, 6.07) is 7.45. The Hall–Kier alpha value is -2.36. The van der Waals surface area contributed by atoms with Crippen molar-refractivity contribution in [2.24, 2.45) is 0 Å².